The molecule has 2 atom stereocenters. The molecule has 4 rings (SSSR count). The minimum atomic E-state index is -0.150. The number of rotatable bonds is 3. The highest BCUT2D eigenvalue weighted by atomic mass is 35.5. The highest BCUT2D eigenvalue weighted by Gasteiger charge is 2.53. The number of halogens is 2. The van der Waals surface area contributed by atoms with Gasteiger partial charge in [-0.3, -0.25) is 9.78 Å². The van der Waals surface area contributed by atoms with Crippen LogP contribution < -0.4 is 10.6 Å². The van der Waals surface area contributed by atoms with Gasteiger partial charge in [-0.2, -0.15) is 0 Å². The van der Waals surface area contributed by atoms with Crippen molar-refractivity contribution in [2.45, 2.75) is 37.3 Å². The monoisotopic (exact) mass is 423 g/mol. The van der Waals surface area contributed by atoms with Crippen LogP contribution in [0, 0.1) is 6.92 Å². The molecule has 0 unspecified atom stereocenters. The molecular formula is C21H27Cl2N3O2. The molecule has 2 heterocycles. The number of nitrogens with zero attached hydrogens (tertiary/aromatic N) is 1. The summed E-state index contributed by atoms with van der Waals surface area (Å²) >= 11 is 0. The van der Waals surface area contributed by atoms with E-state index in [1.807, 2.05) is 25.1 Å². The first kappa shape index (κ1) is 22.6. The predicted molar refractivity (Wildman–Crippen MR) is 115 cm³/mol. The Hall–Kier alpha value is -1.66. The lowest BCUT2D eigenvalue weighted by atomic mass is 9.72. The van der Waals surface area contributed by atoms with Gasteiger partial charge in [-0.1, -0.05) is 24.3 Å². The summed E-state index contributed by atoms with van der Waals surface area (Å²) in [5.74, 6) is -0.106. The second-order valence-electron chi connectivity index (χ2n) is 7.29. The summed E-state index contributed by atoms with van der Waals surface area (Å²) in [4.78, 5) is 17.1. The molecule has 0 saturated carbocycles. The van der Waals surface area contributed by atoms with E-state index in [2.05, 4.69) is 33.8 Å². The molecule has 1 fully saturated rings. The average molecular weight is 424 g/mol. The number of piperidine rings is 1. The van der Waals surface area contributed by atoms with Crippen LogP contribution in [0.15, 0.2) is 42.6 Å². The first-order valence-corrected chi connectivity index (χ1v) is 9.22. The molecule has 28 heavy (non-hydrogen) atoms. The smallest absolute Gasteiger partial charge is 0.253 e. The molecule has 1 aromatic heterocycles. The molecule has 1 aliphatic carbocycles. The molecule has 2 aromatic rings. The lowest BCUT2D eigenvalue weighted by Gasteiger charge is -2.40. The molecule has 0 radical (unpaired) electrons. The van der Waals surface area contributed by atoms with E-state index in [1.165, 1.54) is 11.1 Å². The second-order valence-corrected chi connectivity index (χ2v) is 7.29. The SMILES string of the molecule is CO[C@H]1[C@H](NC(=O)c2ccc(C)nc2)c2ccccc2C12CCNCC2.Cl.Cl. The Balaban J connectivity index is 0.00000140. The lowest BCUT2D eigenvalue weighted by Crippen LogP contribution is -2.49. The van der Waals surface area contributed by atoms with Crippen molar-refractivity contribution in [3.8, 4) is 0 Å². The maximum atomic E-state index is 12.8. The van der Waals surface area contributed by atoms with Gasteiger partial charge in [-0.15, -0.1) is 24.8 Å². The van der Waals surface area contributed by atoms with Crippen LogP contribution in [-0.4, -0.2) is 37.2 Å². The van der Waals surface area contributed by atoms with Crippen molar-refractivity contribution in [3.05, 3.63) is 65.0 Å². The third-order valence-corrected chi connectivity index (χ3v) is 5.89. The van der Waals surface area contributed by atoms with Gasteiger partial charge in [0.1, 0.15) is 0 Å². The molecule has 1 saturated heterocycles. The van der Waals surface area contributed by atoms with Crippen LogP contribution in [-0.2, 0) is 10.2 Å². The van der Waals surface area contributed by atoms with Gasteiger partial charge in [0.25, 0.3) is 5.91 Å². The number of hydrogen-bond donors (Lipinski definition) is 2. The van der Waals surface area contributed by atoms with Crippen LogP contribution in [0.1, 0.15) is 46.1 Å². The second kappa shape index (κ2) is 9.23. The fourth-order valence-corrected chi connectivity index (χ4v) is 4.63. The minimum absolute atomic E-state index is 0. The summed E-state index contributed by atoms with van der Waals surface area (Å²) in [6.45, 7) is 3.85. The Bertz CT molecular complexity index is 808. The summed E-state index contributed by atoms with van der Waals surface area (Å²) in [6, 6.07) is 12.0. The minimum Gasteiger partial charge on any atom is -0.378 e. The standard InChI is InChI=1S/C21H25N3O2.2ClH/c1-14-7-8-15(13-23-14)20(25)24-18-16-5-3-4-6-17(16)21(19(18)26-2)9-11-22-12-10-21;;/h3-8,13,18-19,22H,9-12H2,1-2H3,(H,24,25);2*1H/t18-,19+;;/m1../s1. The van der Waals surface area contributed by atoms with E-state index in [9.17, 15) is 4.79 Å². The van der Waals surface area contributed by atoms with Gasteiger partial charge in [-0.25, -0.2) is 0 Å². The molecule has 152 valence electrons. The zero-order valence-corrected chi connectivity index (χ0v) is 17.7. The average Bonchev–Trinajstić information content (AvgIpc) is 2.92. The van der Waals surface area contributed by atoms with E-state index in [0.29, 0.717) is 5.56 Å². The van der Waals surface area contributed by atoms with Gasteiger partial charge in [0.2, 0.25) is 0 Å². The van der Waals surface area contributed by atoms with Gasteiger partial charge >= 0.3 is 0 Å². The number of aryl methyl sites for hydroxylation is 1. The number of fused-ring (bicyclic) bond motifs is 2. The summed E-state index contributed by atoms with van der Waals surface area (Å²) in [5, 5.41) is 6.67. The number of aromatic nitrogens is 1. The molecule has 1 aliphatic heterocycles. The maximum absolute atomic E-state index is 12.8. The van der Waals surface area contributed by atoms with E-state index in [0.717, 1.165) is 31.6 Å². The molecule has 1 spiro atoms. The van der Waals surface area contributed by atoms with Crippen LogP contribution in [0.4, 0.5) is 0 Å². The maximum Gasteiger partial charge on any atom is 0.253 e. The quantitative estimate of drug-likeness (QED) is 0.794. The Kier molecular flexibility index (Phi) is 7.46. The van der Waals surface area contributed by atoms with Crippen molar-refractivity contribution in [2.24, 2.45) is 0 Å². The molecule has 1 aromatic carbocycles. The molecule has 2 aliphatic rings. The number of nitrogens with one attached hydrogen (secondary N) is 2. The fourth-order valence-electron chi connectivity index (χ4n) is 4.63. The van der Waals surface area contributed by atoms with E-state index in [4.69, 9.17) is 4.74 Å². The van der Waals surface area contributed by atoms with Crippen LogP contribution >= 0.6 is 24.8 Å². The Morgan fingerprint density at radius 3 is 2.54 bits per heavy atom. The molecule has 5 nitrogen and oxygen atoms in total. The fraction of sp³-hybridized carbons (Fsp3) is 0.429. The number of hydrogen-bond acceptors (Lipinski definition) is 4. The van der Waals surface area contributed by atoms with Crippen molar-refractivity contribution < 1.29 is 9.53 Å². The lowest BCUT2D eigenvalue weighted by molar-refractivity contribution is 0.00396. The largest absolute Gasteiger partial charge is 0.378 e. The van der Waals surface area contributed by atoms with Crippen molar-refractivity contribution in [1.29, 1.82) is 0 Å². The van der Waals surface area contributed by atoms with Crippen molar-refractivity contribution in [1.82, 2.24) is 15.6 Å². The summed E-state index contributed by atoms with van der Waals surface area (Å²) in [5.41, 5.74) is 3.93. The molecule has 2 N–H and O–H groups in total. The number of carbonyl (C=O) groups is 1. The van der Waals surface area contributed by atoms with E-state index >= 15 is 0 Å². The van der Waals surface area contributed by atoms with Crippen molar-refractivity contribution >= 4 is 30.7 Å². The van der Waals surface area contributed by atoms with Crippen LogP contribution in [0.2, 0.25) is 0 Å². The molecule has 7 heteroatoms. The Labute approximate surface area is 178 Å². The van der Waals surface area contributed by atoms with Gasteiger partial charge in [0.15, 0.2) is 0 Å². The van der Waals surface area contributed by atoms with Crippen molar-refractivity contribution in [3.63, 3.8) is 0 Å². The van der Waals surface area contributed by atoms with E-state index in [-0.39, 0.29) is 48.3 Å². The number of ether oxygens (including phenoxy) is 1. The van der Waals surface area contributed by atoms with Gasteiger partial charge in [0, 0.05) is 24.4 Å². The van der Waals surface area contributed by atoms with Gasteiger partial charge in [0.05, 0.1) is 17.7 Å². The summed E-state index contributed by atoms with van der Waals surface area (Å²) in [7, 11) is 1.76. The summed E-state index contributed by atoms with van der Waals surface area (Å²) < 4.78 is 6.00. The predicted octanol–water partition coefficient (Wildman–Crippen LogP) is 3.35. The normalized spacial score (nSPS) is 21.9. The number of methoxy groups -OCH3 is 1. The highest BCUT2D eigenvalue weighted by Crippen LogP contribution is 2.51. The highest BCUT2D eigenvalue weighted by molar-refractivity contribution is 5.94. The van der Waals surface area contributed by atoms with Crippen LogP contribution in [0.5, 0.6) is 0 Å². The number of benzene rings is 1. The van der Waals surface area contributed by atoms with Crippen LogP contribution in [0.3, 0.4) is 0 Å². The third-order valence-electron chi connectivity index (χ3n) is 5.89. The number of amides is 1. The number of pyridine rings is 1. The topological polar surface area (TPSA) is 63.2 Å². The Morgan fingerprint density at radius 1 is 1.18 bits per heavy atom. The number of carbonyl (C=O) groups excluding carboxylic acids is 1. The zero-order chi connectivity index (χ0) is 18.1. The van der Waals surface area contributed by atoms with Crippen LogP contribution in [0.25, 0.3) is 0 Å². The first-order chi connectivity index (χ1) is 12.7. The van der Waals surface area contributed by atoms with E-state index < -0.39 is 0 Å². The molecule has 0 bridgehead atoms. The molecular weight excluding hydrogens is 397 g/mol. The first-order valence-electron chi connectivity index (χ1n) is 9.22. The Morgan fingerprint density at radius 2 is 1.89 bits per heavy atom. The summed E-state index contributed by atoms with van der Waals surface area (Å²) in [6.07, 6.45) is 3.60. The van der Waals surface area contributed by atoms with Crippen molar-refractivity contribution in [2.75, 3.05) is 20.2 Å². The molecule has 1 amide bonds. The third kappa shape index (κ3) is 3.77. The zero-order valence-electron chi connectivity index (χ0n) is 16.1. The van der Waals surface area contributed by atoms with E-state index in [1.54, 1.807) is 13.3 Å². The van der Waals surface area contributed by atoms with Gasteiger partial charge < -0.3 is 15.4 Å². The van der Waals surface area contributed by atoms with Gasteiger partial charge in [-0.05, 0) is 56.1 Å².